The zero-order valence-corrected chi connectivity index (χ0v) is 10.5. The monoisotopic (exact) mass is 277 g/mol. The first kappa shape index (κ1) is 11.8. The number of hydrogen-bond acceptors (Lipinski definition) is 2. The van der Waals surface area contributed by atoms with Gasteiger partial charge in [0.2, 0.25) is 0 Å². The minimum absolute atomic E-state index is 0.0919. The molecule has 2 N–H and O–H groups in total. The van der Waals surface area contributed by atoms with Gasteiger partial charge in [0.1, 0.15) is 5.75 Å². The molecule has 0 amide bonds. The van der Waals surface area contributed by atoms with Crippen molar-refractivity contribution in [1.29, 1.82) is 0 Å². The molecule has 0 aliphatic carbocycles. The highest BCUT2D eigenvalue weighted by molar-refractivity contribution is 9.10. The van der Waals surface area contributed by atoms with Crippen LogP contribution in [0.2, 0.25) is 5.02 Å². The summed E-state index contributed by atoms with van der Waals surface area (Å²) in [5.74, 6) is 0.812. The molecule has 0 spiro atoms. The number of ether oxygens (including phenoxy) is 1. The number of halogens is 2. The summed E-state index contributed by atoms with van der Waals surface area (Å²) in [6.45, 7) is 1.95. The molecule has 0 bridgehead atoms. The Morgan fingerprint density at radius 3 is 2.71 bits per heavy atom. The second-order valence-electron chi connectivity index (χ2n) is 3.26. The van der Waals surface area contributed by atoms with Crippen LogP contribution in [0.25, 0.3) is 0 Å². The van der Waals surface area contributed by atoms with E-state index in [0.29, 0.717) is 5.02 Å². The van der Waals surface area contributed by atoms with Crippen LogP contribution in [0.4, 0.5) is 0 Å². The molecular formula is C10H13BrClNO. The van der Waals surface area contributed by atoms with Crippen LogP contribution in [0.3, 0.4) is 0 Å². The summed E-state index contributed by atoms with van der Waals surface area (Å²) in [7, 11) is 1.64. The molecule has 2 nitrogen and oxygen atoms in total. The molecule has 0 fully saturated rings. The normalized spacial score (nSPS) is 12.6. The SMILES string of the molecule is COc1c(Br)cc(Cl)cc1C[C@@H](C)N. The highest BCUT2D eigenvalue weighted by Gasteiger charge is 2.10. The minimum Gasteiger partial charge on any atom is -0.495 e. The first-order valence-electron chi connectivity index (χ1n) is 4.32. The van der Waals surface area contributed by atoms with Gasteiger partial charge in [0, 0.05) is 11.1 Å². The summed E-state index contributed by atoms with van der Waals surface area (Å²) in [4.78, 5) is 0. The third-order valence-corrected chi connectivity index (χ3v) is 2.64. The van der Waals surface area contributed by atoms with Gasteiger partial charge in [-0.1, -0.05) is 11.6 Å². The molecule has 1 aromatic rings. The van der Waals surface area contributed by atoms with Crippen molar-refractivity contribution in [2.75, 3.05) is 7.11 Å². The van der Waals surface area contributed by atoms with Crippen LogP contribution in [0.1, 0.15) is 12.5 Å². The summed E-state index contributed by atoms with van der Waals surface area (Å²) in [6, 6.07) is 3.79. The molecule has 0 unspecified atom stereocenters. The topological polar surface area (TPSA) is 35.2 Å². The van der Waals surface area contributed by atoms with Crippen molar-refractivity contribution in [3.63, 3.8) is 0 Å². The van der Waals surface area contributed by atoms with Gasteiger partial charge in [0.05, 0.1) is 11.6 Å². The first-order valence-corrected chi connectivity index (χ1v) is 5.49. The average molecular weight is 279 g/mol. The Balaban J connectivity index is 3.11. The first-order chi connectivity index (χ1) is 6.54. The van der Waals surface area contributed by atoms with Crippen LogP contribution in [0, 0.1) is 0 Å². The van der Waals surface area contributed by atoms with E-state index in [9.17, 15) is 0 Å². The van der Waals surface area contributed by atoms with Crippen LogP contribution in [0.5, 0.6) is 5.75 Å². The molecule has 0 aromatic heterocycles. The molecule has 4 heteroatoms. The molecule has 1 rings (SSSR count). The average Bonchev–Trinajstić information content (AvgIpc) is 2.01. The highest BCUT2D eigenvalue weighted by atomic mass is 79.9. The Labute approximate surface area is 97.5 Å². The second-order valence-corrected chi connectivity index (χ2v) is 4.55. The summed E-state index contributed by atoms with van der Waals surface area (Å²) in [6.07, 6.45) is 0.752. The molecule has 0 saturated heterocycles. The summed E-state index contributed by atoms with van der Waals surface area (Å²) in [5.41, 5.74) is 6.76. The number of nitrogens with two attached hydrogens (primary N) is 1. The Hall–Kier alpha value is -0.250. The number of benzene rings is 1. The van der Waals surface area contributed by atoms with Gasteiger partial charge in [-0.15, -0.1) is 0 Å². The Morgan fingerprint density at radius 2 is 2.21 bits per heavy atom. The quantitative estimate of drug-likeness (QED) is 0.922. The van der Waals surface area contributed by atoms with E-state index in [1.807, 2.05) is 19.1 Å². The molecule has 14 heavy (non-hydrogen) atoms. The van der Waals surface area contributed by atoms with E-state index in [-0.39, 0.29) is 6.04 Å². The summed E-state index contributed by atoms with van der Waals surface area (Å²) >= 11 is 9.33. The lowest BCUT2D eigenvalue weighted by Gasteiger charge is -2.12. The third kappa shape index (κ3) is 2.87. The van der Waals surface area contributed by atoms with Gasteiger partial charge in [-0.25, -0.2) is 0 Å². The predicted molar refractivity (Wildman–Crippen MR) is 63.1 cm³/mol. The number of hydrogen-bond donors (Lipinski definition) is 1. The Kier molecular flexibility index (Phi) is 4.23. The van der Waals surface area contributed by atoms with E-state index >= 15 is 0 Å². The number of methoxy groups -OCH3 is 1. The smallest absolute Gasteiger partial charge is 0.136 e. The summed E-state index contributed by atoms with van der Waals surface area (Å²) in [5, 5.41) is 0.688. The molecule has 0 radical (unpaired) electrons. The lowest BCUT2D eigenvalue weighted by molar-refractivity contribution is 0.405. The van der Waals surface area contributed by atoms with Gasteiger partial charge < -0.3 is 10.5 Å². The number of rotatable bonds is 3. The fraction of sp³-hybridized carbons (Fsp3) is 0.400. The van der Waals surface area contributed by atoms with Gasteiger partial charge in [0.25, 0.3) is 0 Å². The van der Waals surface area contributed by atoms with Crippen molar-refractivity contribution < 1.29 is 4.74 Å². The van der Waals surface area contributed by atoms with Crippen molar-refractivity contribution in [2.24, 2.45) is 5.73 Å². The Morgan fingerprint density at radius 1 is 1.57 bits per heavy atom. The second kappa shape index (κ2) is 5.01. The fourth-order valence-corrected chi connectivity index (χ4v) is 2.38. The standard InChI is InChI=1S/C10H13BrClNO/c1-6(13)3-7-4-8(12)5-9(11)10(7)14-2/h4-6H,3,13H2,1-2H3/t6-/m1/s1. The van der Waals surface area contributed by atoms with Crippen molar-refractivity contribution >= 4 is 27.5 Å². The van der Waals surface area contributed by atoms with Crippen LogP contribution in [-0.2, 0) is 6.42 Å². The predicted octanol–water partition coefficient (Wildman–Crippen LogP) is 3.00. The zero-order chi connectivity index (χ0) is 10.7. The van der Waals surface area contributed by atoms with E-state index in [0.717, 1.165) is 22.2 Å². The van der Waals surface area contributed by atoms with Crippen LogP contribution < -0.4 is 10.5 Å². The van der Waals surface area contributed by atoms with Gasteiger partial charge in [0.15, 0.2) is 0 Å². The van der Waals surface area contributed by atoms with E-state index in [4.69, 9.17) is 22.1 Å². The van der Waals surface area contributed by atoms with Crippen molar-refractivity contribution in [3.8, 4) is 5.75 Å². The highest BCUT2D eigenvalue weighted by Crippen LogP contribution is 2.32. The lowest BCUT2D eigenvalue weighted by Crippen LogP contribution is -2.18. The molecule has 0 aliphatic heterocycles. The van der Waals surface area contributed by atoms with Crippen LogP contribution >= 0.6 is 27.5 Å². The van der Waals surface area contributed by atoms with Gasteiger partial charge >= 0.3 is 0 Å². The maximum atomic E-state index is 5.94. The largest absolute Gasteiger partial charge is 0.495 e. The van der Waals surface area contributed by atoms with Crippen molar-refractivity contribution in [2.45, 2.75) is 19.4 Å². The van der Waals surface area contributed by atoms with Gasteiger partial charge in [-0.3, -0.25) is 0 Å². The molecule has 78 valence electrons. The van der Waals surface area contributed by atoms with Gasteiger partial charge in [-0.2, -0.15) is 0 Å². The molecular weight excluding hydrogens is 265 g/mol. The van der Waals surface area contributed by atoms with Crippen LogP contribution in [-0.4, -0.2) is 13.2 Å². The Bertz CT molecular complexity index is 328. The van der Waals surface area contributed by atoms with Gasteiger partial charge in [-0.05, 0) is 47.0 Å². The van der Waals surface area contributed by atoms with Crippen LogP contribution in [0.15, 0.2) is 16.6 Å². The third-order valence-electron chi connectivity index (χ3n) is 1.83. The van der Waals surface area contributed by atoms with E-state index in [2.05, 4.69) is 15.9 Å². The molecule has 0 heterocycles. The minimum atomic E-state index is 0.0919. The maximum Gasteiger partial charge on any atom is 0.136 e. The van der Waals surface area contributed by atoms with E-state index in [1.165, 1.54) is 0 Å². The van der Waals surface area contributed by atoms with E-state index in [1.54, 1.807) is 7.11 Å². The fourth-order valence-electron chi connectivity index (χ4n) is 1.34. The lowest BCUT2D eigenvalue weighted by atomic mass is 10.1. The molecule has 1 atom stereocenters. The molecule has 0 aliphatic rings. The molecule has 1 aromatic carbocycles. The van der Waals surface area contributed by atoms with Crippen molar-refractivity contribution in [3.05, 3.63) is 27.2 Å². The molecule has 0 saturated carbocycles. The maximum absolute atomic E-state index is 5.94. The van der Waals surface area contributed by atoms with E-state index < -0.39 is 0 Å². The summed E-state index contributed by atoms with van der Waals surface area (Å²) < 4.78 is 6.13. The zero-order valence-electron chi connectivity index (χ0n) is 8.18. The van der Waals surface area contributed by atoms with Crippen molar-refractivity contribution in [1.82, 2.24) is 0 Å².